The lowest BCUT2D eigenvalue weighted by molar-refractivity contribution is -0.138. The summed E-state index contributed by atoms with van der Waals surface area (Å²) in [4.78, 5) is 35.2. The zero-order valence-corrected chi connectivity index (χ0v) is 11.1. The molecule has 0 aromatic rings. The lowest BCUT2D eigenvalue weighted by atomic mass is 9.99. The van der Waals surface area contributed by atoms with E-state index in [-0.39, 0.29) is 24.8 Å². The summed E-state index contributed by atoms with van der Waals surface area (Å²) in [5.74, 6) is -1.16. The van der Waals surface area contributed by atoms with Crippen molar-refractivity contribution in [1.82, 2.24) is 15.5 Å². The van der Waals surface area contributed by atoms with Crippen LogP contribution < -0.4 is 10.6 Å². The largest absolute Gasteiger partial charge is 0.481 e. The average molecular weight is 271 g/mol. The molecule has 108 valence electrons. The van der Waals surface area contributed by atoms with E-state index in [1.165, 1.54) is 7.05 Å². The summed E-state index contributed by atoms with van der Waals surface area (Å²) in [5.41, 5.74) is 0. The predicted octanol–water partition coefficient (Wildman–Crippen LogP) is 0.161. The van der Waals surface area contributed by atoms with E-state index in [1.807, 2.05) is 4.90 Å². The van der Waals surface area contributed by atoms with Gasteiger partial charge in [0, 0.05) is 26.1 Å². The zero-order chi connectivity index (χ0) is 14.3. The summed E-state index contributed by atoms with van der Waals surface area (Å²) in [6.45, 7) is 1.30. The fraction of sp³-hybridized carbons (Fsp3) is 0.750. The van der Waals surface area contributed by atoms with Crippen LogP contribution in [-0.4, -0.2) is 54.1 Å². The number of imide groups is 1. The Hall–Kier alpha value is -1.63. The molecule has 3 amide bonds. The van der Waals surface area contributed by atoms with Crippen LogP contribution in [0.3, 0.4) is 0 Å². The molecular formula is C12H21N3O4. The Morgan fingerprint density at radius 3 is 2.68 bits per heavy atom. The highest BCUT2D eigenvalue weighted by molar-refractivity contribution is 5.94. The molecule has 0 spiro atoms. The topological polar surface area (TPSA) is 98.7 Å². The van der Waals surface area contributed by atoms with Gasteiger partial charge in [-0.05, 0) is 19.4 Å². The number of aliphatic carboxylic acids is 1. The highest BCUT2D eigenvalue weighted by Gasteiger charge is 2.24. The number of nitrogens with zero attached hydrogens (tertiary/aromatic N) is 1. The predicted molar refractivity (Wildman–Crippen MR) is 68.7 cm³/mol. The van der Waals surface area contributed by atoms with Gasteiger partial charge in [-0.15, -0.1) is 0 Å². The minimum atomic E-state index is -0.813. The summed E-state index contributed by atoms with van der Waals surface area (Å²) in [7, 11) is 1.44. The van der Waals surface area contributed by atoms with Gasteiger partial charge in [-0.2, -0.15) is 0 Å². The third-order valence-corrected chi connectivity index (χ3v) is 3.27. The summed E-state index contributed by atoms with van der Waals surface area (Å²) < 4.78 is 0. The van der Waals surface area contributed by atoms with Gasteiger partial charge in [0.2, 0.25) is 5.91 Å². The summed E-state index contributed by atoms with van der Waals surface area (Å²) in [6, 6.07) is -0.523. The van der Waals surface area contributed by atoms with Crippen molar-refractivity contribution in [3.05, 3.63) is 0 Å². The first kappa shape index (κ1) is 15.4. The van der Waals surface area contributed by atoms with Crippen molar-refractivity contribution in [3.8, 4) is 0 Å². The van der Waals surface area contributed by atoms with E-state index in [2.05, 4.69) is 10.6 Å². The number of piperidine rings is 1. The van der Waals surface area contributed by atoms with Crippen molar-refractivity contribution in [1.29, 1.82) is 0 Å². The number of carbonyl (C=O) groups excluding carboxylic acids is 2. The molecule has 1 aliphatic rings. The molecule has 0 bridgehead atoms. The molecule has 1 saturated heterocycles. The number of carbonyl (C=O) groups is 3. The van der Waals surface area contributed by atoms with Gasteiger partial charge < -0.3 is 10.4 Å². The Kier molecular flexibility index (Phi) is 6.27. The molecule has 0 aromatic heterocycles. The van der Waals surface area contributed by atoms with Crippen LogP contribution >= 0.6 is 0 Å². The first-order valence-corrected chi connectivity index (χ1v) is 6.50. The smallest absolute Gasteiger partial charge is 0.321 e. The molecule has 1 heterocycles. The molecule has 1 atom stereocenters. The number of rotatable bonds is 5. The molecule has 0 aliphatic carbocycles. The average Bonchev–Trinajstić information content (AvgIpc) is 2.37. The Morgan fingerprint density at radius 2 is 2.05 bits per heavy atom. The Balaban J connectivity index is 2.38. The first-order valence-electron chi connectivity index (χ1n) is 6.50. The highest BCUT2D eigenvalue weighted by atomic mass is 16.4. The third kappa shape index (κ3) is 5.69. The molecule has 1 fully saturated rings. The van der Waals surface area contributed by atoms with Crippen LogP contribution in [0.2, 0.25) is 0 Å². The fourth-order valence-electron chi connectivity index (χ4n) is 2.28. The Labute approximate surface area is 112 Å². The van der Waals surface area contributed by atoms with E-state index >= 15 is 0 Å². The van der Waals surface area contributed by atoms with E-state index in [1.54, 1.807) is 0 Å². The molecule has 0 radical (unpaired) electrons. The maximum atomic E-state index is 11.5. The maximum Gasteiger partial charge on any atom is 0.321 e. The van der Waals surface area contributed by atoms with Crippen LogP contribution in [-0.2, 0) is 9.59 Å². The molecule has 1 unspecified atom stereocenters. The molecule has 0 aromatic carbocycles. The zero-order valence-electron chi connectivity index (χ0n) is 11.1. The number of amides is 3. The normalized spacial score (nSPS) is 19.7. The van der Waals surface area contributed by atoms with Gasteiger partial charge in [0.15, 0.2) is 0 Å². The van der Waals surface area contributed by atoms with Crippen LogP contribution in [0.25, 0.3) is 0 Å². The number of hydrogen-bond donors (Lipinski definition) is 3. The van der Waals surface area contributed by atoms with Gasteiger partial charge in [-0.1, -0.05) is 6.42 Å². The van der Waals surface area contributed by atoms with E-state index in [0.29, 0.717) is 6.54 Å². The van der Waals surface area contributed by atoms with Crippen molar-refractivity contribution >= 4 is 17.9 Å². The third-order valence-electron chi connectivity index (χ3n) is 3.27. The molecule has 1 rings (SSSR count). The van der Waals surface area contributed by atoms with Crippen molar-refractivity contribution in [2.75, 3.05) is 20.1 Å². The second kappa shape index (κ2) is 7.73. The number of carboxylic acid groups (broad SMARTS) is 1. The number of nitrogens with one attached hydrogen (secondary N) is 2. The van der Waals surface area contributed by atoms with Crippen LogP contribution in [0.5, 0.6) is 0 Å². The minimum Gasteiger partial charge on any atom is -0.481 e. The molecule has 3 N–H and O–H groups in total. The second-order valence-electron chi connectivity index (χ2n) is 4.66. The molecule has 7 heteroatoms. The lowest BCUT2D eigenvalue weighted by Gasteiger charge is -2.34. The van der Waals surface area contributed by atoms with E-state index in [4.69, 9.17) is 5.11 Å². The molecule has 0 saturated carbocycles. The quantitative estimate of drug-likeness (QED) is 0.661. The Morgan fingerprint density at radius 1 is 1.32 bits per heavy atom. The van der Waals surface area contributed by atoms with Gasteiger partial charge in [0.1, 0.15) is 0 Å². The van der Waals surface area contributed by atoms with Crippen molar-refractivity contribution in [2.45, 2.75) is 38.1 Å². The molecule has 7 nitrogen and oxygen atoms in total. The van der Waals surface area contributed by atoms with Crippen molar-refractivity contribution in [2.24, 2.45) is 0 Å². The van der Waals surface area contributed by atoms with Gasteiger partial charge in [0.05, 0.1) is 6.42 Å². The van der Waals surface area contributed by atoms with Gasteiger partial charge in [-0.3, -0.25) is 19.8 Å². The first-order chi connectivity index (χ1) is 9.02. The number of urea groups is 1. The summed E-state index contributed by atoms with van der Waals surface area (Å²) >= 11 is 0. The van der Waals surface area contributed by atoms with Crippen LogP contribution in [0.4, 0.5) is 4.79 Å². The van der Waals surface area contributed by atoms with Gasteiger partial charge in [0.25, 0.3) is 0 Å². The number of carboxylic acids is 1. The number of likely N-dealkylation sites (tertiary alicyclic amines) is 1. The second-order valence-corrected chi connectivity index (χ2v) is 4.66. The van der Waals surface area contributed by atoms with Crippen molar-refractivity contribution in [3.63, 3.8) is 0 Å². The minimum absolute atomic E-state index is 0.000878. The standard InChI is InChI=1S/C12H21N3O4/c1-13-12(19)14-10(16)5-7-15-6-3-2-4-9(15)8-11(17)18/h9H,2-8H2,1H3,(H,17,18)(H2,13,14,16,19). The van der Waals surface area contributed by atoms with Gasteiger partial charge in [-0.25, -0.2) is 4.79 Å². The molecular weight excluding hydrogens is 250 g/mol. The summed E-state index contributed by atoms with van der Waals surface area (Å²) in [6.07, 6.45) is 3.20. The van der Waals surface area contributed by atoms with Crippen LogP contribution in [0.15, 0.2) is 0 Å². The fourth-order valence-corrected chi connectivity index (χ4v) is 2.28. The maximum absolute atomic E-state index is 11.5. The molecule has 1 aliphatic heterocycles. The van der Waals surface area contributed by atoms with Crippen LogP contribution in [0, 0.1) is 0 Å². The van der Waals surface area contributed by atoms with Gasteiger partial charge >= 0.3 is 12.0 Å². The monoisotopic (exact) mass is 271 g/mol. The molecule has 19 heavy (non-hydrogen) atoms. The summed E-state index contributed by atoms with van der Waals surface area (Å²) in [5, 5.41) is 13.4. The van der Waals surface area contributed by atoms with E-state index < -0.39 is 12.0 Å². The highest BCUT2D eigenvalue weighted by Crippen LogP contribution is 2.19. The van der Waals surface area contributed by atoms with Crippen molar-refractivity contribution < 1.29 is 19.5 Å². The van der Waals surface area contributed by atoms with Crippen LogP contribution in [0.1, 0.15) is 32.1 Å². The Bertz CT molecular complexity index is 346. The lowest BCUT2D eigenvalue weighted by Crippen LogP contribution is -2.44. The van der Waals surface area contributed by atoms with E-state index in [9.17, 15) is 14.4 Å². The number of hydrogen-bond acceptors (Lipinski definition) is 4. The SMILES string of the molecule is CNC(=O)NC(=O)CCN1CCCCC1CC(=O)O. The van der Waals surface area contributed by atoms with E-state index in [0.717, 1.165) is 25.8 Å².